The van der Waals surface area contributed by atoms with Gasteiger partial charge in [0.2, 0.25) is 5.82 Å². The van der Waals surface area contributed by atoms with Gasteiger partial charge in [-0.1, -0.05) is 0 Å². The molecule has 3 N–H and O–H groups in total. The lowest BCUT2D eigenvalue weighted by Crippen LogP contribution is -2.49. The number of nitrogens with two attached hydrogens (primary N) is 1. The van der Waals surface area contributed by atoms with Gasteiger partial charge in [0.05, 0.1) is 13.2 Å². The fourth-order valence-corrected chi connectivity index (χ4v) is 1.91. The van der Waals surface area contributed by atoms with Gasteiger partial charge in [-0.15, -0.1) is 0 Å². The Morgan fingerprint density at radius 2 is 1.55 bits per heavy atom. The second-order valence-electron chi connectivity index (χ2n) is 4.18. The molecular formula is C11H10F5N3O. The number of ether oxygens (including phenoxy) is 1. The molecular weight excluding hydrogens is 285 g/mol. The van der Waals surface area contributed by atoms with Crippen LogP contribution in [0.15, 0.2) is 0 Å². The molecule has 0 aliphatic carbocycles. The average molecular weight is 295 g/mol. The molecule has 1 unspecified atom stereocenters. The zero-order chi connectivity index (χ0) is 15.0. The molecule has 1 aromatic carbocycles. The maximum atomic E-state index is 13.6. The van der Waals surface area contributed by atoms with Gasteiger partial charge in [-0.05, 0) is 0 Å². The van der Waals surface area contributed by atoms with E-state index in [-0.39, 0.29) is 19.7 Å². The van der Waals surface area contributed by atoms with Crippen molar-refractivity contribution >= 4 is 11.5 Å². The Morgan fingerprint density at radius 3 is 2.05 bits per heavy atom. The van der Waals surface area contributed by atoms with Gasteiger partial charge < -0.3 is 15.4 Å². The van der Waals surface area contributed by atoms with Crippen molar-refractivity contribution in [1.29, 1.82) is 5.41 Å². The van der Waals surface area contributed by atoms with Crippen LogP contribution >= 0.6 is 0 Å². The van der Waals surface area contributed by atoms with Crippen molar-refractivity contribution in [2.45, 2.75) is 6.10 Å². The Kier molecular flexibility index (Phi) is 3.80. The molecule has 4 nitrogen and oxygen atoms in total. The Bertz CT molecular complexity index is 536. The molecule has 0 amide bonds. The van der Waals surface area contributed by atoms with Crippen molar-refractivity contribution in [1.82, 2.24) is 0 Å². The Balaban J connectivity index is 2.45. The summed E-state index contributed by atoms with van der Waals surface area (Å²) in [6.07, 6.45) is -0.960. The van der Waals surface area contributed by atoms with Crippen LogP contribution in [0.5, 0.6) is 0 Å². The zero-order valence-electron chi connectivity index (χ0n) is 10.0. The molecule has 0 aromatic heterocycles. The van der Waals surface area contributed by atoms with Crippen LogP contribution in [0.1, 0.15) is 0 Å². The highest BCUT2D eigenvalue weighted by Gasteiger charge is 2.32. The molecule has 9 heteroatoms. The third kappa shape index (κ3) is 2.28. The highest BCUT2D eigenvalue weighted by atomic mass is 19.2. The summed E-state index contributed by atoms with van der Waals surface area (Å²) < 4.78 is 71.5. The first-order valence-corrected chi connectivity index (χ1v) is 5.56. The van der Waals surface area contributed by atoms with Gasteiger partial charge >= 0.3 is 0 Å². The van der Waals surface area contributed by atoms with E-state index in [4.69, 9.17) is 15.9 Å². The van der Waals surface area contributed by atoms with Crippen LogP contribution in [0.2, 0.25) is 0 Å². The predicted octanol–water partition coefficient (Wildman–Crippen LogP) is 1.52. The second-order valence-corrected chi connectivity index (χ2v) is 4.18. The molecule has 1 heterocycles. The minimum Gasteiger partial charge on any atom is -0.385 e. The van der Waals surface area contributed by atoms with Crippen LogP contribution in [0.3, 0.4) is 0 Å². The second kappa shape index (κ2) is 5.23. The lowest BCUT2D eigenvalue weighted by atomic mass is 10.2. The van der Waals surface area contributed by atoms with Crippen LogP contribution < -0.4 is 10.6 Å². The zero-order valence-corrected chi connectivity index (χ0v) is 10.0. The molecule has 2 rings (SSSR count). The van der Waals surface area contributed by atoms with Gasteiger partial charge in [0.1, 0.15) is 17.6 Å². The highest BCUT2D eigenvalue weighted by Crippen LogP contribution is 2.31. The van der Waals surface area contributed by atoms with Crippen LogP contribution in [0, 0.1) is 34.5 Å². The Labute approximate surface area is 110 Å². The van der Waals surface area contributed by atoms with E-state index in [0.717, 1.165) is 4.90 Å². The van der Waals surface area contributed by atoms with Gasteiger partial charge in [-0.3, -0.25) is 5.41 Å². The van der Waals surface area contributed by atoms with E-state index < -0.39 is 46.7 Å². The van der Waals surface area contributed by atoms with E-state index in [9.17, 15) is 22.0 Å². The SMILES string of the molecule is N=C(N)C1CN(c2c(F)c(F)c(F)c(F)c2F)CCO1. The summed E-state index contributed by atoms with van der Waals surface area (Å²) in [6, 6.07) is 0. The summed E-state index contributed by atoms with van der Waals surface area (Å²) in [5.74, 6) is -10.4. The molecule has 1 fully saturated rings. The molecule has 0 bridgehead atoms. The third-order valence-corrected chi connectivity index (χ3v) is 2.92. The minimum atomic E-state index is -2.21. The number of hydrogen-bond donors (Lipinski definition) is 2. The molecule has 0 saturated carbocycles. The lowest BCUT2D eigenvalue weighted by Gasteiger charge is -2.34. The van der Waals surface area contributed by atoms with Crippen molar-refractivity contribution in [3.63, 3.8) is 0 Å². The van der Waals surface area contributed by atoms with Crippen molar-refractivity contribution in [3.05, 3.63) is 29.1 Å². The molecule has 1 aliphatic rings. The molecule has 0 spiro atoms. The summed E-state index contributed by atoms with van der Waals surface area (Å²) in [5.41, 5.74) is 4.17. The summed E-state index contributed by atoms with van der Waals surface area (Å²) in [4.78, 5) is 0.922. The molecule has 1 aliphatic heterocycles. The average Bonchev–Trinajstić information content (AvgIpc) is 2.43. The summed E-state index contributed by atoms with van der Waals surface area (Å²) in [5, 5.41) is 7.20. The molecule has 20 heavy (non-hydrogen) atoms. The Morgan fingerprint density at radius 1 is 1.05 bits per heavy atom. The van der Waals surface area contributed by atoms with Crippen molar-refractivity contribution < 1.29 is 26.7 Å². The highest BCUT2D eigenvalue weighted by molar-refractivity contribution is 5.82. The molecule has 1 saturated heterocycles. The van der Waals surface area contributed by atoms with E-state index in [2.05, 4.69) is 0 Å². The van der Waals surface area contributed by atoms with Gasteiger partial charge in [0, 0.05) is 6.54 Å². The first-order chi connectivity index (χ1) is 9.34. The van der Waals surface area contributed by atoms with Crippen molar-refractivity contribution in [2.75, 3.05) is 24.6 Å². The lowest BCUT2D eigenvalue weighted by molar-refractivity contribution is 0.0819. The maximum Gasteiger partial charge on any atom is 0.200 e. The van der Waals surface area contributed by atoms with Crippen LogP contribution in [0.4, 0.5) is 27.6 Å². The van der Waals surface area contributed by atoms with Crippen molar-refractivity contribution in [2.24, 2.45) is 5.73 Å². The standard InChI is InChI=1S/C11H10F5N3O/c12-5-6(13)8(15)10(9(16)7(5)14)19-1-2-20-4(3-19)11(17)18/h4H,1-3H2,(H3,17,18). The van der Waals surface area contributed by atoms with E-state index in [0.29, 0.717) is 0 Å². The maximum absolute atomic E-state index is 13.6. The van der Waals surface area contributed by atoms with E-state index in [1.807, 2.05) is 0 Å². The molecule has 110 valence electrons. The summed E-state index contributed by atoms with van der Waals surface area (Å²) >= 11 is 0. The van der Waals surface area contributed by atoms with Gasteiger partial charge in [0.25, 0.3) is 0 Å². The predicted molar refractivity (Wildman–Crippen MR) is 60.1 cm³/mol. The normalized spacial score (nSPS) is 19.2. The van der Waals surface area contributed by atoms with Gasteiger partial charge in [-0.2, -0.15) is 0 Å². The summed E-state index contributed by atoms with van der Waals surface area (Å²) in [6.45, 7) is -0.403. The van der Waals surface area contributed by atoms with Crippen LogP contribution in [-0.4, -0.2) is 31.6 Å². The number of anilines is 1. The third-order valence-electron chi connectivity index (χ3n) is 2.92. The first kappa shape index (κ1) is 14.5. The molecule has 0 radical (unpaired) electrons. The quantitative estimate of drug-likeness (QED) is 0.286. The number of rotatable bonds is 2. The number of morpholine rings is 1. The number of benzene rings is 1. The first-order valence-electron chi connectivity index (χ1n) is 5.56. The number of halogens is 5. The minimum absolute atomic E-state index is 0.0518. The van der Waals surface area contributed by atoms with Crippen LogP contribution in [0.25, 0.3) is 0 Å². The Hall–Kier alpha value is -1.90. The van der Waals surface area contributed by atoms with Crippen molar-refractivity contribution in [3.8, 4) is 0 Å². The number of hydrogen-bond acceptors (Lipinski definition) is 3. The smallest absolute Gasteiger partial charge is 0.200 e. The number of nitrogens with one attached hydrogen (secondary N) is 1. The number of amidine groups is 1. The largest absolute Gasteiger partial charge is 0.385 e. The summed E-state index contributed by atoms with van der Waals surface area (Å²) in [7, 11) is 0. The van der Waals surface area contributed by atoms with E-state index in [1.54, 1.807) is 0 Å². The fourth-order valence-electron chi connectivity index (χ4n) is 1.91. The van der Waals surface area contributed by atoms with Gasteiger partial charge in [-0.25, -0.2) is 22.0 Å². The van der Waals surface area contributed by atoms with E-state index >= 15 is 0 Å². The molecule has 1 aromatic rings. The van der Waals surface area contributed by atoms with E-state index in [1.165, 1.54) is 0 Å². The topological polar surface area (TPSA) is 62.3 Å². The monoisotopic (exact) mass is 295 g/mol. The molecule has 1 atom stereocenters. The van der Waals surface area contributed by atoms with Gasteiger partial charge in [0.15, 0.2) is 23.3 Å². The number of nitrogens with zero attached hydrogens (tertiary/aromatic N) is 1. The van der Waals surface area contributed by atoms with Crippen LogP contribution in [-0.2, 0) is 4.74 Å². The fraction of sp³-hybridized carbons (Fsp3) is 0.364.